The van der Waals surface area contributed by atoms with E-state index in [4.69, 9.17) is 15.6 Å². The van der Waals surface area contributed by atoms with Crippen LogP contribution < -0.4 is 20.7 Å². The molecule has 13 nitrogen and oxygen atoms in total. The van der Waals surface area contributed by atoms with Crippen molar-refractivity contribution < 1.29 is 14.3 Å². The summed E-state index contributed by atoms with van der Waals surface area (Å²) in [5, 5.41) is 9.70. The van der Waals surface area contributed by atoms with Crippen LogP contribution in [0.1, 0.15) is 66.5 Å². The van der Waals surface area contributed by atoms with Gasteiger partial charge in [-0.15, -0.1) is 16.4 Å². The van der Waals surface area contributed by atoms with Gasteiger partial charge in [0.2, 0.25) is 11.8 Å². The lowest BCUT2D eigenvalue weighted by Gasteiger charge is -2.41. The Morgan fingerprint density at radius 1 is 1.09 bits per heavy atom. The zero-order valence-electron chi connectivity index (χ0n) is 25.4. The lowest BCUT2D eigenvalue weighted by atomic mass is 9.90. The Labute approximate surface area is 260 Å². The van der Waals surface area contributed by atoms with Crippen LogP contribution in [0.25, 0.3) is 16.7 Å². The molecule has 1 saturated carbocycles. The molecule has 0 unspecified atom stereocenters. The number of aryl methyl sites for hydroxylation is 1. The van der Waals surface area contributed by atoms with Gasteiger partial charge in [0.25, 0.3) is 5.91 Å². The number of amides is 2. The fourth-order valence-electron chi connectivity index (χ4n) is 6.87. The van der Waals surface area contributed by atoms with E-state index in [0.29, 0.717) is 59.1 Å². The van der Waals surface area contributed by atoms with Gasteiger partial charge in [-0.1, -0.05) is 0 Å². The van der Waals surface area contributed by atoms with Crippen LogP contribution in [0.5, 0.6) is 5.88 Å². The number of nitrogens with zero attached hydrogens (tertiary/aromatic N) is 8. The Bertz CT molecular complexity index is 1590. The van der Waals surface area contributed by atoms with E-state index in [0.717, 1.165) is 55.8 Å². The van der Waals surface area contributed by atoms with Crippen molar-refractivity contribution in [2.75, 3.05) is 49.9 Å². The molecular weight excluding hydrogens is 580 g/mol. The van der Waals surface area contributed by atoms with E-state index in [-0.39, 0.29) is 24.0 Å². The Kier molecular flexibility index (Phi) is 7.87. The molecule has 0 aromatic carbocycles. The molecule has 1 atom stereocenters. The lowest BCUT2D eigenvalue weighted by Crippen LogP contribution is -2.48. The summed E-state index contributed by atoms with van der Waals surface area (Å²) in [6, 6.07) is 0.580. The fraction of sp³-hybridized carbons (Fsp3) is 0.600. The van der Waals surface area contributed by atoms with Gasteiger partial charge in [0.1, 0.15) is 23.6 Å². The van der Waals surface area contributed by atoms with Crippen molar-refractivity contribution in [1.29, 1.82) is 0 Å². The number of carbonyl (C=O) groups is 2. The standard InChI is InChI=1S/C30H40N10O3S/c1-18-34-30(43-23-8-6-21(7-9-23)37-12-4-13-37)25(44-18)29(42)35-20-5-3-11-39(15-20)28-24-26(31)32-17-33-27(24)40(36-28)22-10-14-38(16-22)19(2)41/h10,17,20-21,23H,3-9,11-16H2,1-2H3,(H,35,42)(H2,31,32,33)/t20-,21?,23?/m1/s1. The summed E-state index contributed by atoms with van der Waals surface area (Å²) in [6.07, 6.45) is 10.8. The van der Waals surface area contributed by atoms with Crippen LogP contribution in [0.15, 0.2) is 12.4 Å². The minimum Gasteiger partial charge on any atom is -0.473 e. The topological polar surface area (TPSA) is 148 Å². The molecular formula is C30H40N10O3S. The molecule has 3 N–H and O–H groups in total. The van der Waals surface area contributed by atoms with Gasteiger partial charge >= 0.3 is 0 Å². The van der Waals surface area contributed by atoms with Crippen molar-refractivity contribution in [3.63, 3.8) is 0 Å². The molecule has 3 aromatic heterocycles. The Morgan fingerprint density at radius 2 is 1.91 bits per heavy atom. The third-order valence-electron chi connectivity index (χ3n) is 9.39. The van der Waals surface area contributed by atoms with Gasteiger partial charge < -0.3 is 30.5 Å². The van der Waals surface area contributed by atoms with Crippen LogP contribution in [0, 0.1) is 6.92 Å². The van der Waals surface area contributed by atoms with Gasteiger partial charge in [-0.2, -0.15) is 0 Å². The van der Waals surface area contributed by atoms with Crippen molar-refractivity contribution >= 4 is 51.5 Å². The van der Waals surface area contributed by atoms with Gasteiger partial charge in [0, 0.05) is 38.6 Å². The van der Waals surface area contributed by atoms with Crippen LogP contribution in [0.3, 0.4) is 0 Å². The van der Waals surface area contributed by atoms with Crippen molar-refractivity contribution in [3.8, 4) is 5.88 Å². The number of hydrogen-bond donors (Lipinski definition) is 2. The first kappa shape index (κ1) is 29.0. The quantitative estimate of drug-likeness (QED) is 0.404. The zero-order valence-corrected chi connectivity index (χ0v) is 26.2. The van der Waals surface area contributed by atoms with E-state index in [9.17, 15) is 9.59 Å². The van der Waals surface area contributed by atoms with Gasteiger partial charge in [-0.25, -0.2) is 19.6 Å². The van der Waals surface area contributed by atoms with E-state index in [1.165, 1.54) is 37.2 Å². The number of thiazole rings is 1. The molecule has 44 heavy (non-hydrogen) atoms. The highest BCUT2D eigenvalue weighted by Crippen LogP contribution is 2.34. The van der Waals surface area contributed by atoms with Crippen molar-refractivity contribution in [2.45, 2.75) is 77.0 Å². The number of rotatable bonds is 7. The number of likely N-dealkylation sites (tertiary alicyclic amines) is 1. The van der Waals surface area contributed by atoms with E-state index < -0.39 is 0 Å². The molecule has 2 amide bonds. The molecule has 0 bridgehead atoms. The number of nitrogens with one attached hydrogen (secondary N) is 1. The van der Waals surface area contributed by atoms with Crippen molar-refractivity contribution in [2.24, 2.45) is 0 Å². The molecule has 1 aliphatic carbocycles. The summed E-state index contributed by atoms with van der Waals surface area (Å²) in [5.74, 6) is 1.36. The van der Waals surface area contributed by atoms with Crippen molar-refractivity contribution in [3.05, 3.63) is 22.3 Å². The van der Waals surface area contributed by atoms with Gasteiger partial charge in [-0.05, 0) is 71.0 Å². The number of anilines is 2. The van der Waals surface area contributed by atoms with Gasteiger partial charge in [0.15, 0.2) is 16.3 Å². The number of hydrogen-bond acceptors (Lipinski definition) is 11. The molecule has 3 aliphatic heterocycles. The first-order valence-corrected chi connectivity index (χ1v) is 16.5. The largest absolute Gasteiger partial charge is 0.473 e. The number of carbonyl (C=O) groups excluding carboxylic acids is 2. The molecule has 7 rings (SSSR count). The number of ether oxygens (including phenoxy) is 1. The van der Waals surface area contributed by atoms with Crippen LogP contribution in [0.2, 0.25) is 0 Å². The summed E-state index contributed by atoms with van der Waals surface area (Å²) in [4.78, 5) is 45.9. The zero-order chi connectivity index (χ0) is 30.4. The highest BCUT2D eigenvalue weighted by Gasteiger charge is 2.33. The second kappa shape index (κ2) is 12.0. The van der Waals surface area contributed by atoms with E-state index in [2.05, 4.69) is 30.1 Å². The minimum atomic E-state index is -0.148. The molecule has 0 radical (unpaired) electrons. The number of piperidine rings is 1. The molecule has 0 spiro atoms. The van der Waals surface area contributed by atoms with Gasteiger partial charge in [0.05, 0.1) is 17.2 Å². The Hall–Kier alpha value is -3.78. The van der Waals surface area contributed by atoms with Crippen LogP contribution in [0.4, 0.5) is 11.6 Å². The summed E-state index contributed by atoms with van der Waals surface area (Å²) in [7, 11) is 0. The van der Waals surface area contributed by atoms with Crippen molar-refractivity contribution in [1.82, 2.24) is 39.8 Å². The first-order valence-electron chi connectivity index (χ1n) is 15.7. The van der Waals surface area contributed by atoms with E-state index in [1.54, 1.807) is 16.5 Å². The molecule has 3 aromatic rings. The van der Waals surface area contributed by atoms with Gasteiger partial charge in [-0.3, -0.25) is 9.59 Å². The first-order chi connectivity index (χ1) is 21.3. The smallest absolute Gasteiger partial charge is 0.267 e. The third-order valence-corrected chi connectivity index (χ3v) is 10.3. The number of aromatic nitrogens is 5. The highest BCUT2D eigenvalue weighted by molar-refractivity contribution is 7.13. The number of nitrogens with two attached hydrogens (primary N) is 1. The van der Waals surface area contributed by atoms with Crippen LogP contribution in [-0.2, 0) is 4.79 Å². The van der Waals surface area contributed by atoms with E-state index in [1.807, 2.05) is 13.0 Å². The average Bonchev–Trinajstić information content (AvgIpc) is 3.71. The monoisotopic (exact) mass is 620 g/mol. The highest BCUT2D eigenvalue weighted by atomic mass is 32.1. The minimum absolute atomic E-state index is 0.0101. The summed E-state index contributed by atoms with van der Waals surface area (Å²) in [6.45, 7) is 8.24. The number of fused-ring (bicyclic) bond motifs is 1. The lowest BCUT2D eigenvalue weighted by molar-refractivity contribution is -0.127. The second-order valence-electron chi connectivity index (χ2n) is 12.4. The third kappa shape index (κ3) is 5.60. The normalized spacial score (nSPS) is 24.3. The van der Waals surface area contributed by atoms with Crippen LogP contribution in [-0.4, -0.2) is 104 Å². The summed E-state index contributed by atoms with van der Waals surface area (Å²) < 4.78 is 8.13. The molecule has 14 heteroatoms. The molecule has 3 fully saturated rings. The van der Waals surface area contributed by atoms with Crippen LogP contribution >= 0.6 is 11.3 Å². The molecule has 234 valence electrons. The Morgan fingerprint density at radius 3 is 2.64 bits per heavy atom. The predicted octanol–water partition coefficient (Wildman–Crippen LogP) is 2.67. The fourth-order valence-corrected chi connectivity index (χ4v) is 7.63. The maximum atomic E-state index is 13.6. The Balaban J connectivity index is 1.04. The molecule has 4 aliphatic rings. The maximum Gasteiger partial charge on any atom is 0.267 e. The molecule has 2 saturated heterocycles. The summed E-state index contributed by atoms with van der Waals surface area (Å²) in [5.41, 5.74) is 7.85. The second-order valence-corrected chi connectivity index (χ2v) is 13.6. The van der Waals surface area contributed by atoms with E-state index >= 15 is 0 Å². The summed E-state index contributed by atoms with van der Waals surface area (Å²) >= 11 is 1.39. The average molecular weight is 621 g/mol. The predicted molar refractivity (Wildman–Crippen MR) is 169 cm³/mol. The maximum absolute atomic E-state index is 13.6. The SMILES string of the molecule is CC(=O)N1CC=C(n2nc(N3CCC[C@@H](NC(=O)c4sc(C)nc4OC4CCC(N5CCC5)CC4)C3)c3c(N)ncnc32)C1. The number of nitrogen functional groups attached to an aromatic ring is 1. The molecule has 6 heterocycles.